The molecule has 0 radical (unpaired) electrons. The number of ether oxygens (including phenoxy) is 1. The lowest BCUT2D eigenvalue weighted by molar-refractivity contribution is 0.398. The van der Waals surface area contributed by atoms with E-state index in [0.717, 1.165) is 33.5 Å². The highest BCUT2D eigenvalue weighted by Crippen LogP contribution is 2.31. The van der Waals surface area contributed by atoms with Crippen molar-refractivity contribution in [1.29, 1.82) is 0 Å². The van der Waals surface area contributed by atoms with E-state index in [4.69, 9.17) is 4.74 Å². The molecule has 0 aliphatic rings. The summed E-state index contributed by atoms with van der Waals surface area (Å²) in [6.07, 6.45) is 6.99. The molecule has 4 aromatic heterocycles. The SMILES string of the molecule is C=C(N[C@@H](C)c1cc2cccc(-c3ccnc(OC)c3)c2c(=O)n1-c1ccccc1)c1cnn2cccnc12. The van der Waals surface area contributed by atoms with E-state index in [-0.39, 0.29) is 11.6 Å². The molecule has 6 aromatic rings. The van der Waals surface area contributed by atoms with Gasteiger partial charge in [-0.15, -0.1) is 0 Å². The van der Waals surface area contributed by atoms with Gasteiger partial charge in [0.25, 0.3) is 5.56 Å². The summed E-state index contributed by atoms with van der Waals surface area (Å²) < 4.78 is 8.81. The molecule has 0 unspecified atom stereocenters. The van der Waals surface area contributed by atoms with Crippen LogP contribution in [0.3, 0.4) is 0 Å². The Morgan fingerprint density at radius 3 is 2.67 bits per heavy atom. The molecule has 192 valence electrons. The summed E-state index contributed by atoms with van der Waals surface area (Å²) in [6, 6.07) is 22.9. The number of rotatable bonds is 7. The van der Waals surface area contributed by atoms with Gasteiger partial charge in [-0.1, -0.05) is 43.0 Å². The monoisotopic (exact) mass is 514 g/mol. The number of pyridine rings is 2. The molecule has 0 spiro atoms. The maximum Gasteiger partial charge on any atom is 0.263 e. The van der Waals surface area contributed by atoms with Crippen LogP contribution in [0.1, 0.15) is 24.2 Å². The van der Waals surface area contributed by atoms with Crippen LogP contribution in [0.4, 0.5) is 0 Å². The largest absolute Gasteiger partial charge is 0.481 e. The second-order valence-corrected chi connectivity index (χ2v) is 9.19. The van der Waals surface area contributed by atoms with Gasteiger partial charge in [0.1, 0.15) is 0 Å². The molecule has 0 fully saturated rings. The van der Waals surface area contributed by atoms with Gasteiger partial charge < -0.3 is 10.1 Å². The van der Waals surface area contributed by atoms with Crippen molar-refractivity contribution < 1.29 is 4.74 Å². The lowest BCUT2D eigenvalue weighted by Gasteiger charge is -2.23. The number of para-hydroxylation sites is 1. The quantitative estimate of drug-likeness (QED) is 0.306. The van der Waals surface area contributed by atoms with Gasteiger partial charge in [-0.3, -0.25) is 9.36 Å². The molecular weight excluding hydrogens is 488 g/mol. The van der Waals surface area contributed by atoms with Crippen molar-refractivity contribution in [2.45, 2.75) is 13.0 Å². The Kier molecular flexibility index (Phi) is 6.13. The van der Waals surface area contributed by atoms with E-state index >= 15 is 0 Å². The second-order valence-electron chi connectivity index (χ2n) is 9.19. The summed E-state index contributed by atoms with van der Waals surface area (Å²) in [6.45, 7) is 6.28. The van der Waals surface area contributed by atoms with Gasteiger partial charge in [0.05, 0.1) is 30.3 Å². The summed E-state index contributed by atoms with van der Waals surface area (Å²) >= 11 is 0. The van der Waals surface area contributed by atoms with Crippen molar-refractivity contribution in [3.8, 4) is 22.7 Å². The maximum absolute atomic E-state index is 14.3. The number of hydrogen-bond acceptors (Lipinski definition) is 6. The Morgan fingerprint density at radius 2 is 1.85 bits per heavy atom. The normalized spacial score (nSPS) is 11.9. The van der Waals surface area contributed by atoms with Crippen LogP contribution < -0.4 is 15.6 Å². The minimum absolute atomic E-state index is 0.114. The highest BCUT2D eigenvalue weighted by molar-refractivity contribution is 5.96. The third-order valence-corrected chi connectivity index (χ3v) is 6.78. The predicted octanol–water partition coefficient (Wildman–Crippen LogP) is 5.43. The first-order chi connectivity index (χ1) is 19.0. The van der Waals surface area contributed by atoms with Crippen molar-refractivity contribution in [1.82, 2.24) is 29.5 Å². The minimum Gasteiger partial charge on any atom is -0.481 e. The smallest absolute Gasteiger partial charge is 0.263 e. The van der Waals surface area contributed by atoms with Gasteiger partial charge in [-0.2, -0.15) is 5.10 Å². The van der Waals surface area contributed by atoms with E-state index in [1.807, 2.05) is 79.9 Å². The number of nitrogens with zero attached hydrogens (tertiary/aromatic N) is 5. The van der Waals surface area contributed by atoms with E-state index < -0.39 is 0 Å². The van der Waals surface area contributed by atoms with Crippen LogP contribution in [0.25, 0.3) is 38.9 Å². The molecule has 0 aliphatic heterocycles. The van der Waals surface area contributed by atoms with Crippen LogP contribution in [0, 0.1) is 0 Å². The standard InChI is InChI=1S/C31H26N6O2/c1-20(26-19-34-36-16-8-14-33-30(26)36)35-21(2)27-17-23-9-7-12-25(22-13-15-32-28(18-22)39-3)29(23)31(38)37(27)24-10-5-4-6-11-24/h4-19,21,35H,1H2,2-3H3/t21-/m0/s1. The number of fused-ring (bicyclic) bond motifs is 2. The third kappa shape index (κ3) is 4.31. The van der Waals surface area contributed by atoms with Gasteiger partial charge in [-0.25, -0.2) is 14.5 Å². The fourth-order valence-electron chi connectivity index (χ4n) is 4.93. The van der Waals surface area contributed by atoms with Gasteiger partial charge in [0, 0.05) is 41.7 Å². The van der Waals surface area contributed by atoms with Crippen molar-refractivity contribution in [2.24, 2.45) is 0 Å². The molecule has 0 saturated carbocycles. The first kappa shape index (κ1) is 24.1. The Bertz CT molecular complexity index is 1890. The summed E-state index contributed by atoms with van der Waals surface area (Å²) in [5, 5.41) is 9.32. The van der Waals surface area contributed by atoms with Gasteiger partial charge in [-0.05, 0) is 53.8 Å². The molecule has 0 amide bonds. The van der Waals surface area contributed by atoms with Gasteiger partial charge >= 0.3 is 0 Å². The summed E-state index contributed by atoms with van der Waals surface area (Å²) in [4.78, 5) is 23.0. The Balaban J connectivity index is 1.51. The zero-order valence-corrected chi connectivity index (χ0v) is 21.6. The first-order valence-electron chi connectivity index (χ1n) is 12.5. The molecule has 0 bridgehead atoms. The summed E-state index contributed by atoms with van der Waals surface area (Å²) in [5.74, 6) is 0.489. The minimum atomic E-state index is -0.266. The van der Waals surface area contributed by atoms with Gasteiger partial charge in [0.2, 0.25) is 5.88 Å². The third-order valence-electron chi connectivity index (χ3n) is 6.78. The molecule has 0 saturated heterocycles. The van der Waals surface area contributed by atoms with Crippen LogP contribution in [-0.2, 0) is 0 Å². The molecular formula is C31H26N6O2. The molecule has 8 heteroatoms. The summed E-state index contributed by atoms with van der Waals surface area (Å²) in [7, 11) is 1.58. The molecule has 1 N–H and O–H groups in total. The predicted molar refractivity (Wildman–Crippen MR) is 153 cm³/mol. The highest BCUT2D eigenvalue weighted by Gasteiger charge is 2.20. The topological polar surface area (TPSA) is 86.3 Å². The molecule has 8 nitrogen and oxygen atoms in total. The second kappa shape index (κ2) is 9.90. The van der Waals surface area contributed by atoms with Crippen molar-refractivity contribution in [3.63, 3.8) is 0 Å². The maximum atomic E-state index is 14.3. The number of aromatic nitrogens is 5. The Labute approximate surface area is 224 Å². The number of hydrogen-bond donors (Lipinski definition) is 1. The zero-order chi connectivity index (χ0) is 26.9. The van der Waals surface area contributed by atoms with E-state index in [0.29, 0.717) is 22.6 Å². The van der Waals surface area contributed by atoms with Crippen molar-refractivity contribution in [3.05, 3.63) is 126 Å². The average Bonchev–Trinajstić information content (AvgIpc) is 3.41. The lowest BCUT2D eigenvalue weighted by atomic mass is 9.98. The van der Waals surface area contributed by atoms with E-state index in [1.54, 1.807) is 34.8 Å². The van der Waals surface area contributed by atoms with Crippen LogP contribution in [0.2, 0.25) is 0 Å². The fraction of sp³-hybridized carbons (Fsp3) is 0.0968. The number of methoxy groups -OCH3 is 1. The molecule has 1 atom stereocenters. The Hall–Kier alpha value is -5.24. The molecule has 6 rings (SSSR count). The van der Waals surface area contributed by atoms with Crippen molar-refractivity contribution >= 4 is 22.1 Å². The highest BCUT2D eigenvalue weighted by atomic mass is 16.5. The summed E-state index contributed by atoms with van der Waals surface area (Å²) in [5.41, 5.74) is 5.31. The number of nitrogens with one attached hydrogen (secondary N) is 1. The molecule has 2 aromatic carbocycles. The average molecular weight is 515 g/mol. The zero-order valence-electron chi connectivity index (χ0n) is 21.6. The molecule has 4 heterocycles. The van der Waals surface area contributed by atoms with Crippen LogP contribution in [0.5, 0.6) is 5.88 Å². The van der Waals surface area contributed by atoms with E-state index in [9.17, 15) is 4.79 Å². The fourth-order valence-corrected chi connectivity index (χ4v) is 4.93. The lowest BCUT2D eigenvalue weighted by Crippen LogP contribution is -2.28. The Morgan fingerprint density at radius 1 is 1.00 bits per heavy atom. The van der Waals surface area contributed by atoms with Crippen LogP contribution in [-0.4, -0.2) is 31.3 Å². The van der Waals surface area contributed by atoms with Gasteiger partial charge in [0.15, 0.2) is 5.65 Å². The first-order valence-corrected chi connectivity index (χ1v) is 12.5. The number of benzene rings is 2. The van der Waals surface area contributed by atoms with Crippen LogP contribution in [0.15, 0.2) is 109 Å². The molecule has 0 aliphatic carbocycles. The molecule has 39 heavy (non-hydrogen) atoms. The van der Waals surface area contributed by atoms with E-state index in [2.05, 4.69) is 33.0 Å². The van der Waals surface area contributed by atoms with Crippen molar-refractivity contribution in [2.75, 3.05) is 7.11 Å². The van der Waals surface area contributed by atoms with Crippen LogP contribution >= 0.6 is 0 Å². The van der Waals surface area contributed by atoms with E-state index in [1.165, 1.54) is 0 Å².